The Hall–Kier alpha value is -3.02. The summed E-state index contributed by atoms with van der Waals surface area (Å²) < 4.78 is 0. The molecule has 0 bridgehead atoms. The van der Waals surface area contributed by atoms with E-state index in [0.717, 1.165) is 5.56 Å². The van der Waals surface area contributed by atoms with Crippen molar-refractivity contribution >= 4 is 12.2 Å². The molecular formula is C17H17NO5. The van der Waals surface area contributed by atoms with Gasteiger partial charge in [-0.05, 0) is 29.8 Å². The molecule has 1 atom stereocenters. The lowest BCUT2D eigenvalue weighted by Gasteiger charge is -2.08. The smallest absolute Gasteiger partial charge is 0.328 e. The quantitative estimate of drug-likeness (QED) is 0.610. The zero-order valence-electron chi connectivity index (χ0n) is 12.3. The Morgan fingerprint density at radius 1 is 1.04 bits per heavy atom. The van der Waals surface area contributed by atoms with Gasteiger partial charge in [-0.1, -0.05) is 18.2 Å². The lowest BCUT2D eigenvalue weighted by molar-refractivity contribution is -0.138. The maximum absolute atomic E-state index is 11.3. The van der Waals surface area contributed by atoms with Gasteiger partial charge in [0.25, 0.3) is 0 Å². The van der Waals surface area contributed by atoms with Crippen molar-refractivity contribution in [3.05, 3.63) is 53.6 Å². The summed E-state index contributed by atoms with van der Waals surface area (Å²) in [5, 5.41) is 37.8. The molecule has 0 unspecified atom stereocenters. The fraction of sp³-hybridized carbons (Fsp3) is 0.176. The maximum atomic E-state index is 11.3. The highest BCUT2D eigenvalue weighted by molar-refractivity contribution is 5.77. The first-order valence-corrected chi connectivity index (χ1v) is 6.99. The predicted octanol–water partition coefficient (Wildman–Crippen LogP) is 2.11. The molecular weight excluding hydrogens is 298 g/mol. The molecule has 120 valence electrons. The van der Waals surface area contributed by atoms with E-state index >= 15 is 0 Å². The molecule has 0 saturated carbocycles. The monoisotopic (exact) mass is 315 g/mol. The van der Waals surface area contributed by atoms with Crippen LogP contribution < -0.4 is 0 Å². The first-order valence-electron chi connectivity index (χ1n) is 6.99. The topological polar surface area (TPSA) is 110 Å². The highest BCUT2D eigenvalue weighted by atomic mass is 16.4. The minimum absolute atomic E-state index is 0.0677. The number of aliphatic imine (C=N–C) groups is 1. The second-order valence-corrected chi connectivity index (χ2v) is 5.04. The summed E-state index contributed by atoms with van der Waals surface area (Å²) in [6.45, 7) is 0. The van der Waals surface area contributed by atoms with Crippen molar-refractivity contribution in [3.8, 4) is 17.2 Å². The molecule has 0 aliphatic heterocycles. The van der Waals surface area contributed by atoms with Gasteiger partial charge in [0.1, 0.15) is 17.2 Å². The summed E-state index contributed by atoms with van der Waals surface area (Å²) in [7, 11) is 0. The van der Waals surface area contributed by atoms with Crippen molar-refractivity contribution < 1.29 is 25.2 Å². The summed E-state index contributed by atoms with van der Waals surface area (Å²) in [5.41, 5.74) is 1.03. The number of phenols is 3. The first kappa shape index (κ1) is 16.4. The fourth-order valence-corrected chi connectivity index (χ4v) is 2.10. The lowest BCUT2D eigenvalue weighted by Crippen LogP contribution is -2.21. The number of phenolic OH excluding ortho intramolecular Hbond substituents is 3. The zero-order chi connectivity index (χ0) is 16.8. The SMILES string of the molecule is O=C(O)[C@H](Cc1ccc(O)cc1)N=CCc1c(O)cccc1O. The van der Waals surface area contributed by atoms with Crippen molar-refractivity contribution in [3.63, 3.8) is 0 Å². The molecule has 0 aliphatic carbocycles. The molecule has 6 nitrogen and oxygen atoms in total. The fourth-order valence-electron chi connectivity index (χ4n) is 2.10. The molecule has 0 heterocycles. The van der Waals surface area contributed by atoms with Gasteiger partial charge in [0.05, 0.1) is 0 Å². The molecule has 0 amide bonds. The van der Waals surface area contributed by atoms with Crippen LogP contribution in [0.25, 0.3) is 0 Å². The average molecular weight is 315 g/mol. The van der Waals surface area contributed by atoms with Gasteiger partial charge in [-0.3, -0.25) is 4.99 Å². The van der Waals surface area contributed by atoms with Crippen LogP contribution in [-0.2, 0) is 17.6 Å². The van der Waals surface area contributed by atoms with Crippen LogP contribution in [0.1, 0.15) is 11.1 Å². The molecule has 0 saturated heterocycles. The number of carboxylic acid groups (broad SMARTS) is 1. The van der Waals surface area contributed by atoms with E-state index < -0.39 is 12.0 Å². The van der Waals surface area contributed by atoms with E-state index in [2.05, 4.69) is 4.99 Å². The van der Waals surface area contributed by atoms with Crippen LogP contribution in [0.15, 0.2) is 47.5 Å². The van der Waals surface area contributed by atoms with Crippen LogP contribution in [0.3, 0.4) is 0 Å². The van der Waals surface area contributed by atoms with Gasteiger partial charge in [-0.2, -0.15) is 0 Å². The van der Waals surface area contributed by atoms with Crippen molar-refractivity contribution in [2.24, 2.45) is 4.99 Å². The van der Waals surface area contributed by atoms with Gasteiger partial charge < -0.3 is 20.4 Å². The second-order valence-electron chi connectivity index (χ2n) is 5.04. The van der Waals surface area contributed by atoms with Gasteiger partial charge in [0.2, 0.25) is 0 Å². The van der Waals surface area contributed by atoms with E-state index in [1.54, 1.807) is 12.1 Å². The molecule has 2 rings (SSSR count). The third kappa shape index (κ3) is 4.47. The molecule has 0 fully saturated rings. The Balaban J connectivity index is 2.07. The molecule has 0 aliphatic rings. The number of hydrogen-bond acceptors (Lipinski definition) is 5. The van der Waals surface area contributed by atoms with E-state index in [1.165, 1.54) is 36.5 Å². The molecule has 0 radical (unpaired) electrons. The molecule has 0 spiro atoms. The van der Waals surface area contributed by atoms with Crippen molar-refractivity contribution in [2.45, 2.75) is 18.9 Å². The highest BCUT2D eigenvalue weighted by Crippen LogP contribution is 2.26. The Morgan fingerprint density at radius 2 is 1.65 bits per heavy atom. The number of aromatic hydroxyl groups is 3. The first-order chi connectivity index (χ1) is 11.0. The molecule has 0 aromatic heterocycles. The van der Waals surface area contributed by atoms with Crippen LogP contribution >= 0.6 is 0 Å². The second kappa shape index (κ2) is 7.31. The van der Waals surface area contributed by atoms with Gasteiger partial charge in [-0.15, -0.1) is 0 Å². The van der Waals surface area contributed by atoms with Gasteiger partial charge in [0.15, 0.2) is 6.04 Å². The summed E-state index contributed by atoms with van der Waals surface area (Å²) in [4.78, 5) is 15.3. The minimum atomic E-state index is -1.07. The van der Waals surface area contributed by atoms with Gasteiger partial charge >= 0.3 is 5.97 Å². The molecule has 2 aromatic rings. The number of carboxylic acids is 1. The number of hydrogen-bond donors (Lipinski definition) is 4. The van der Waals surface area contributed by atoms with Crippen LogP contribution in [0.2, 0.25) is 0 Å². The summed E-state index contributed by atoms with van der Waals surface area (Å²) in [5.74, 6) is -1.10. The third-order valence-corrected chi connectivity index (χ3v) is 3.36. The predicted molar refractivity (Wildman–Crippen MR) is 85.2 cm³/mol. The number of benzene rings is 2. The standard InChI is InChI=1S/C17H17NO5/c19-12-6-4-11(5-7-12)10-14(17(22)23)18-9-8-13-15(20)2-1-3-16(13)21/h1-7,9,14,19-21H,8,10H2,(H,22,23)/t14-/m0/s1. The lowest BCUT2D eigenvalue weighted by atomic mass is 10.1. The van der Waals surface area contributed by atoms with Crippen LogP contribution in [0, 0.1) is 0 Å². The third-order valence-electron chi connectivity index (χ3n) is 3.36. The van der Waals surface area contributed by atoms with Crippen molar-refractivity contribution in [1.29, 1.82) is 0 Å². The molecule has 2 aromatic carbocycles. The molecule has 4 N–H and O–H groups in total. The van der Waals surface area contributed by atoms with Gasteiger partial charge in [0, 0.05) is 24.6 Å². The van der Waals surface area contributed by atoms with Crippen LogP contribution in [0.5, 0.6) is 17.2 Å². The normalized spacial score (nSPS) is 12.3. The Kier molecular flexibility index (Phi) is 5.19. The van der Waals surface area contributed by atoms with E-state index in [-0.39, 0.29) is 30.1 Å². The minimum Gasteiger partial charge on any atom is -0.508 e. The summed E-state index contributed by atoms with van der Waals surface area (Å²) in [6.07, 6.45) is 1.67. The molecule has 6 heteroatoms. The van der Waals surface area contributed by atoms with E-state index in [4.69, 9.17) is 0 Å². The van der Waals surface area contributed by atoms with E-state index in [1.807, 2.05) is 0 Å². The van der Waals surface area contributed by atoms with Crippen LogP contribution in [0.4, 0.5) is 0 Å². The largest absolute Gasteiger partial charge is 0.508 e. The summed E-state index contributed by atoms with van der Waals surface area (Å²) >= 11 is 0. The molecule has 23 heavy (non-hydrogen) atoms. The zero-order valence-corrected chi connectivity index (χ0v) is 12.3. The van der Waals surface area contributed by atoms with E-state index in [9.17, 15) is 25.2 Å². The van der Waals surface area contributed by atoms with Crippen molar-refractivity contribution in [1.82, 2.24) is 0 Å². The number of aliphatic carboxylic acids is 1. The van der Waals surface area contributed by atoms with Gasteiger partial charge in [-0.25, -0.2) is 4.79 Å². The number of nitrogens with zero attached hydrogens (tertiary/aromatic N) is 1. The Morgan fingerprint density at radius 3 is 2.22 bits per heavy atom. The Labute approximate surface area is 133 Å². The highest BCUT2D eigenvalue weighted by Gasteiger charge is 2.16. The Bertz CT molecular complexity index is 689. The number of carbonyl (C=O) groups is 1. The number of rotatable bonds is 6. The average Bonchev–Trinajstić information content (AvgIpc) is 2.51. The van der Waals surface area contributed by atoms with Crippen molar-refractivity contribution in [2.75, 3.05) is 0 Å². The maximum Gasteiger partial charge on any atom is 0.328 e. The van der Waals surface area contributed by atoms with Crippen LogP contribution in [-0.4, -0.2) is 38.7 Å². The van der Waals surface area contributed by atoms with E-state index in [0.29, 0.717) is 5.56 Å². The summed E-state index contributed by atoms with van der Waals surface area (Å²) in [6, 6.07) is 9.65.